The molecule has 1 aliphatic rings. The van der Waals surface area contributed by atoms with Gasteiger partial charge >= 0.3 is 0 Å². The molecule has 15 heteroatoms. The van der Waals surface area contributed by atoms with Gasteiger partial charge in [0.15, 0.2) is 0 Å². The minimum atomic E-state index is -4.46. The van der Waals surface area contributed by atoms with Crippen LogP contribution in [0.1, 0.15) is 22.3 Å². The van der Waals surface area contributed by atoms with Crippen LogP contribution in [0.2, 0.25) is 0 Å². The maximum absolute atomic E-state index is 14.6. The number of benzene rings is 5. The first-order valence-corrected chi connectivity index (χ1v) is 20.9. The number of amides is 1. The van der Waals surface area contributed by atoms with Crippen molar-refractivity contribution in [2.24, 2.45) is 0 Å². The molecular formula is C42H44F2N6O5S2. The summed E-state index contributed by atoms with van der Waals surface area (Å²) in [5.41, 5.74) is 2.73. The van der Waals surface area contributed by atoms with Crippen molar-refractivity contribution in [2.75, 3.05) is 62.8 Å². The quantitative estimate of drug-likeness (QED) is 0.0587. The molecule has 1 atom stereocenters. The van der Waals surface area contributed by atoms with E-state index in [-0.39, 0.29) is 17.3 Å². The van der Waals surface area contributed by atoms with Crippen LogP contribution >= 0.6 is 11.8 Å². The summed E-state index contributed by atoms with van der Waals surface area (Å²) in [5, 5.41) is 15.4. The topological polar surface area (TPSA) is 128 Å². The molecule has 298 valence electrons. The van der Waals surface area contributed by atoms with Crippen LogP contribution in [0.5, 0.6) is 0 Å². The smallest absolute Gasteiger partial charge is 0.293 e. The summed E-state index contributed by atoms with van der Waals surface area (Å²) >= 11 is 1.62. The molecule has 5 aromatic rings. The molecule has 0 unspecified atom stereocenters. The van der Waals surface area contributed by atoms with Gasteiger partial charge in [0.1, 0.15) is 17.3 Å². The first-order valence-electron chi connectivity index (χ1n) is 18.4. The van der Waals surface area contributed by atoms with E-state index in [9.17, 15) is 32.1 Å². The summed E-state index contributed by atoms with van der Waals surface area (Å²) in [7, 11) is -0.568. The molecule has 11 nitrogen and oxygen atoms in total. The van der Waals surface area contributed by atoms with E-state index < -0.39 is 43.1 Å². The summed E-state index contributed by atoms with van der Waals surface area (Å²) < 4.78 is 56.9. The molecule has 1 aliphatic heterocycles. The van der Waals surface area contributed by atoms with Gasteiger partial charge in [0.25, 0.3) is 21.6 Å². The molecule has 1 fully saturated rings. The number of thioether (sulfide) groups is 1. The molecule has 6 rings (SSSR count). The minimum absolute atomic E-state index is 0.109. The van der Waals surface area contributed by atoms with Crippen LogP contribution in [0.25, 0.3) is 11.1 Å². The lowest BCUT2D eigenvalue weighted by molar-refractivity contribution is -0.384. The zero-order valence-electron chi connectivity index (χ0n) is 31.6. The van der Waals surface area contributed by atoms with Crippen molar-refractivity contribution < 1.29 is 26.9 Å². The Labute approximate surface area is 335 Å². The molecule has 0 aliphatic carbocycles. The lowest BCUT2D eigenvalue weighted by Gasteiger charge is -2.36. The van der Waals surface area contributed by atoms with E-state index in [1.54, 1.807) is 23.9 Å². The van der Waals surface area contributed by atoms with Crippen LogP contribution in [0.4, 0.5) is 25.8 Å². The Bertz CT molecular complexity index is 2290. The molecule has 57 heavy (non-hydrogen) atoms. The van der Waals surface area contributed by atoms with Crippen LogP contribution in [-0.2, 0) is 16.6 Å². The van der Waals surface area contributed by atoms with Crippen molar-refractivity contribution in [2.45, 2.75) is 28.8 Å². The van der Waals surface area contributed by atoms with Crippen molar-refractivity contribution in [1.29, 1.82) is 0 Å². The van der Waals surface area contributed by atoms with E-state index in [0.29, 0.717) is 56.0 Å². The van der Waals surface area contributed by atoms with E-state index in [1.807, 2.05) is 73.6 Å². The number of nitrogens with zero attached hydrogens (tertiary/aromatic N) is 4. The van der Waals surface area contributed by atoms with E-state index in [1.165, 1.54) is 36.4 Å². The summed E-state index contributed by atoms with van der Waals surface area (Å²) in [6, 6.07) is 30.9. The summed E-state index contributed by atoms with van der Waals surface area (Å²) in [4.78, 5) is 31.8. The van der Waals surface area contributed by atoms with Gasteiger partial charge in [-0.1, -0.05) is 42.5 Å². The number of anilines is 2. The van der Waals surface area contributed by atoms with E-state index in [0.717, 1.165) is 34.8 Å². The maximum atomic E-state index is 14.6. The van der Waals surface area contributed by atoms with Gasteiger partial charge in [0, 0.05) is 78.4 Å². The highest BCUT2D eigenvalue weighted by Crippen LogP contribution is 2.31. The van der Waals surface area contributed by atoms with Crippen molar-refractivity contribution in [3.63, 3.8) is 0 Å². The van der Waals surface area contributed by atoms with Crippen molar-refractivity contribution in [1.82, 2.24) is 14.5 Å². The second kappa shape index (κ2) is 18.7. The molecular weight excluding hydrogens is 771 g/mol. The van der Waals surface area contributed by atoms with Crippen molar-refractivity contribution in [3.8, 4) is 11.1 Å². The van der Waals surface area contributed by atoms with Gasteiger partial charge in [-0.15, -0.1) is 11.8 Å². The van der Waals surface area contributed by atoms with Crippen LogP contribution in [0.3, 0.4) is 0 Å². The molecule has 0 radical (unpaired) electrons. The molecule has 1 saturated heterocycles. The third kappa shape index (κ3) is 10.9. The predicted octanol–water partition coefficient (Wildman–Crippen LogP) is 7.51. The van der Waals surface area contributed by atoms with Crippen LogP contribution in [0.15, 0.2) is 125 Å². The summed E-state index contributed by atoms with van der Waals surface area (Å²) in [6.07, 6.45) is 0.688. The number of carbonyl (C=O) groups is 1. The number of nitrogens with one attached hydrogen (secondary N) is 2. The largest absolute Gasteiger partial charge is 0.376 e. The zero-order chi connectivity index (χ0) is 40.5. The number of rotatable bonds is 16. The van der Waals surface area contributed by atoms with Crippen LogP contribution in [-0.4, -0.2) is 87.7 Å². The predicted molar refractivity (Wildman–Crippen MR) is 221 cm³/mol. The van der Waals surface area contributed by atoms with E-state index >= 15 is 0 Å². The Kier molecular flexibility index (Phi) is 13.6. The average Bonchev–Trinajstić information content (AvgIpc) is 3.20. The lowest BCUT2D eigenvalue weighted by atomic mass is 9.98. The van der Waals surface area contributed by atoms with Crippen LogP contribution in [0, 0.1) is 21.7 Å². The number of sulfonamides is 1. The highest BCUT2D eigenvalue weighted by molar-refractivity contribution is 7.99. The Morgan fingerprint density at radius 3 is 2.26 bits per heavy atom. The highest BCUT2D eigenvalue weighted by atomic mass is 32.2. The van der Waals surface area contributed by atoms with Gasteiger partial charge in [-0.3, -0.25) is 19.8 Å². The van der Waals surface area contributed by atoms with Gasteiger partial charge in [-0.25, -0.2) is 21.9 Å². The third-order valence-corrected chi connectivity index (χ3v) is 12.2. The SMILES string of the molecule is CN(C)CC[C@H](CSc1ccccc1)Nc1ccc(S(=O)(=O)NC(=O)c2ccc(N3CCN(Cc4ccccc4-c4ccc(F)cc4F)CC3)cc2)cc1[N+](=O)[O-]. The number of carbonyl (C=O) groups excluding carboxylic acids is 1. The highest BCUT2D eigenvalue weighted by Gasteiger charge is 2.26. The Morgan fingerprint density at radius 2 is 1.58 bits per heavy atom. The molecule has 0 aromatic heterocycles. The zero-order valence-corrected chi connectivity index (χ0v) is 33.2. The van der Waals surface area contributed by atoms with Gasteiger partial charge in [0.2, 0.25) is 0 Å². The fourth-order valence-electron chi connectivity index (χ4n) is 6.59. The second-order valence-electron chi connectivity index (χ2n) is 14.0. The minimum Gasteiger partial charge on any atom is -0.376 e. The molecule has 0 spiro atoms. The first kappa shape index (κ1) is 41.3. The van der Waals surface area contributed by atoms with E-state index in [4.69, 9.17) is 0 Å². The molecule has 1 amide bonds. The Hall–Kier alpha value is -5.35. The third-order valence-electron chi connectivity index (χ3n) is 9.68. The molecule has 5 aromatic carbocycles. The Morgan fingerprint density at radius 1 is 0.877 bits per heavy atom. The number of nitro benzene ring substituents is 1. The van der Waals surface area contributed by atoms with Gasteiger partial charge in [0.05, 0.1) is 9.82 Å². The van der Waals surface area contributed by atoms with E-state index in [2.05, 4.69) is 19.8 Å². The van der Waals surface area contributed by atoms with Gasteiger partial charge in [-0.05, 0) is 98.9 Å². The number of hydrogen-bond acceptors (Lipinski definition) is 10. The number of piperazine rings is 1. The fraction of sp³-hybridized carbons (Fsp3) is 0.262. The number of hydrogen-bond donors (Lipinski definition) is 2. The first-order chi connectivity index (χ1) is 27.4. The summed E-state index contributed by atoms with van der Waals surface area (Å²) in [6.45, 7) is 4.10. The van der Waals surface area contributed by atoms with Gasteiger partial charge < -0.3 is 15.1 Å². The Balaban J connectivity index is 1.06. The van der Waals surface area contributed by atoms with Gasteiger partial charge in [-0.2, -0.15) is 0 Å². The number of halogens is 2. The maximum Gasteiger partial charge on any atom is 0.293 e. The van der Waals surface area contributed by atoms with Crippen LogP contribution < -0.4 is 14.9 Å². The summed E-state index contributed by atoms with van der Waals surface area (Å²) in [5.74, 6) is -1.48. The molecule has 0 bridgehead atoms. The molecule has 2 N–H and O–H groups in total. The lowest BCUT2D eigenvalue weighted by Crippen LogP contribution is -2.46. The van der Waals surface area contributed by atoms with Crippen molar-refractivity contribution >= 4 is 44.8 Å². The fourth-order valence-corrected chi connectivity index (χ4v) is 8.58. The standard InChI is InChI=1S/C42H44F2N6O5S2/c1-47(2)21-20-33(29-56-35-9-4-3-5-10-35)45-40-19-17-36(27-41(40)50(52)53)57(54,55)46-42(51)30-12-15-34(16-13-30)49-24-22-48(23-25-49)28-31-8-6-7-11-37(31)38-18-14-32(43)26-39(38)44/h3-19,26-27,33,45H,20-25,28-29H2,1-2H3,(H,46,51)/t33-/m1/s1. The normalized spacial score (nSPS) is 14.0. The molecule has 0 saturated carbocycles. The monoisotopic (exact) mass is 814 g/mol. The number of nitro groups is 1. The molecule has 1 heterocycles. The second-order valence-corrected chi connectivity index (χ2v) is 16.8. The van der Waals surface area contributed by atoms with Crippen molar-refractivity contribution in [3.05, 3.63) is 148 Å². The average molecular weight is 815 g/mol.